The lowest BCUT2D eigenvalue weighted by molar-refractivity contribution is 0.243. The molecule has 0 aliphatic rings. The molecule has 0 aliphatic carbocycles. The second-order valence-corrected chi connectivity index (χ2v) is 6.27. The van der Waals surface area contributed by atoms with Gasteiger partial charge in [-0.1, -0.05) is 17.7 Å². The Morgan fingerprint density at radius 2 is 2.05 bits per heavy atom. The zero-order chi connectivity index (χ0) is 15.0. The van der Waals surface area contributed by atoms with Gasteiger partial charge >= 0.3 is 0 Å². The number of ether oxygens (including phenoxy) is 1. The molecule has 6 heteroatoms. The second kappa shape index (κ2) is 5.81. The van der Waals surface area contributed by atoms with Crippen LogP contribution in [0.2, 0.25) is 5.02 Å². The van der Waals surface area contributed by atoms with Crippen molar-refractivity contribution in [1.82, 2.24) is 14.6 Å². The summed E-state index contributed by atoms with van der Waals surface area (Å²) in [5, 5.41) is 5.08. The second-order valence-electron chi connectivity index (χ2n) is 4.87. The van der Waals surface area contributed by atoms with Crippen LogP contribution in [0.25, 0.3) is 16.9 Å². The summed E-state index contributed by atoms with van der Waals surface area (Å²) in [4.78, 5) is 4.38. The largest absolute Gasteiger partial charge is 0.490 e. The Labute approximate surface area is 141 Å². The molecule has 0 bridgehead atoms. The molecule has 0 saturated carbocycles. The van der Waals surface area contributed by atoms with Crippen molar-refractivity contribution in [3.63, 3.8) is 0 Å². The molecule has 3 rings (SSSR count). The van der Waals surface area contributed by atoms with Crippen LogP contribution in [0.15, 0.2) is 36.4 Å². The zero-order valence-corrected chi connectivity index (χ0v) is 14.5. The normalized spacial score (nSPS) is 11.3. The fourth-order valence-electron chi connectivity index (χ4n) is 2.14. The first kappa shape index (κ1) is 14.6. The van der Waals surface area contributed by atoms with E-state index in [2.05, 4.69) is 32.7 Å². The van der Waals surface area contributed by atoms with Crippen molar-refractivity contribution >= 4 is 39.8 Å². The molecule has 0 aliphatic heterocycles. The first-order valence-electron chi connectivity index (χ1n) is 6.52. The van der Waals surface area contributed by atoms with Gasteiger partial charge in [0.2, 0.25) is 3.83 Å². The van der Waals surface area contributed by atoms with Crippen molar-refractivity contribution < 1.29 is 4.74 Å². The molecule has 0 unspecified atom stereocenters. The van der Waals surface area contributed by atoms with Crippen molar-refractivity contribution in [2.45, 2.75) is 20.0 Å². The summed E-state index contributed by atoms with van der Waals surface area (Å²) in [6.45, 7) is 3.98. The summed E-state index contributed by atoms with van der Waals surface area (Å²) in [5.41, 5.74) is 2.68. The van der Waals surface area contributed by atoms with Crippen LogP contribution >= 0.6 is 34.2 Å². The SMILES string of the molecule is CC(C)Oc1cc(Cl)ccc1-c1cccc2nc(I)nn12. The Kier molecular flexibility index (Phi) is 4.03. The predicted octanol–water partition coefficient (Wildman–Crippen LogP) is 4.44. The van der Waals surface area contributed by atoms with Crippen LogP contribution in [0, 0.1) is 3.83 Å². The van der Waals surface area contributed by atoms with Gasteiger partial charge in [0.25, 0.3) is 0 Å². The number of pyridine rings is 1. The third-order valence-corrected chi connectivity index (χ3v) is 3.61. The molecule has 108 valence electrons. The lowest BCUT2D eigenvalue weighted by Crippen LogP contribution is -2.07. The van der Waals surface area contributed by atoms with Gasteiger partial charge in [-0.05, 0) is 44.2 Å². The Hall–Kier alpha value is -1.34. The van der Waals surface area contributed by atoms with E-state index in [1.54, 1.807) is 0 Å². The summed E-state index contributed by atoms with van der Waals surface area (Å²) in [6, 6.07) is 11.5. The summed E-state index contributed by atoms with van der Waals surface area (Å²) in [5.74, 6) is 0.746. The third kappa shape index (κ3) is 2.98. The predicted molar refractivity (Wildman–Crippen MR) is 91.9 cm³/mol. The van der Waals surface area contributed by atoms with E-state index in [-0.39, 0.29) is 6.10 Å². The molecule has 0 atom stereocenters. The van der Waals surface area contributed by atoms with E-state index in [1.807, 2.05) is 54.8 Å². The van der Waals surface area contributed by atoms with E-state index < -0.39 is 0 Å². The van der Waals surface area contributed by atoms with Gasteiger partial charge in [0, 0.05) is 33.2 Å². The van der Waals surface area contributed by atoms with Gasteiger partial charge in [-0.25, -0.2) is 9.50 Å². The minimum absolute atomic E-state index is 0.0669. The lowest BCUT2D eigenvalue weighted by atomic mass is 10.1. The number of rotatable bonds is 3. The number of benzene rings is 1. The van der Waals surface area contributed by atoms with Gasteiger partial charge in [0.1, 0.15) is 5.75 Å². The van der Waals surface area contributed by atoms with Crippen LogP contribution in [0.1, 0.15) is 13.8 Å². The highest BCUT2D eigenvalue weighted by molar-refractivity contribution is 14.1. The Balaban J connectivity index is 2.22. The van der Waals surface area contributed by atoms with Gasteiger partial charge in [0.05, 0.1) is 11.8 Å². The Bertz CT molecular complexity index is 801. The number of aromatic nitrogens is 3. The van der Waals surface area contributed by atoms with Crippen LogP contribution in [0.3, 0.4) is 0 Å². The fraction of sp³-hybridized carbons (Fsp3) is 0.200. The number of hydrogen-bond donors (Lipinski definition) is 0. The fourth-order valence-corrected chi connectivity index (χ4v) is 2.77. The van der Waals surface area contributed by atoms with Gasteiger partial charge < -0.3 is 4.74 Å². The van der Waals surface area contributed by atoms with Crippen LogP contribution < -0.4 is 4.74 Å². The molecular formula is C15H13ClIN3O. The molecular weight excluding hydrogens is 401 g/mol. The first-order chi connectivity index (χ1) is 10.0. The molecule has 2 aromatic heterocycles. The molecule has 0 spiro atoms. The molecule has 0 saturated heterocycles. The van der Waals surface area contributed by atoms with E-state index in [1.165, 1.54) is 0 Å². The summed E-state index contributed by atoms with van der Waals surface area (Å²) in [6.07, 6.45) is 0.0669. The maximum Gasteiger partial charge on any atom is 0.212 e. The summed E-state index contributed by atoms with van der Waals surface area (Å²) < 4.78 is 8.41. The lowest BCUT2D eigenvalue weighted by Gasteiger charge is -2.15. The van der Waals surface area contributed by atoms with Crippen molar-refractivity contribution in [2.24, 2.45) is 0 Å². The highest BCUT2D eigenvalue weighted by atomic mass is 127. The summed E-state index contributed by atoms with van der Waals surface area (Å²) in [7, 11) is 0. The zero-order valence-electron chi connectivity index (χ0n) is 11.5. The highest BCUT2D eigenvalue weighted by Crippen LogP contribution is 2.33. The van der Waals surface area contributed by atoms with Crippen molar-refractivity contribution in [2.75, 3.05) is 0 Å². The van der Waals surface area contributed by atoms with E-state index in [0.29, 0.717) is 8.85 Å². The van der Waals surface area contributed by atoms with Gasteiger partial charge in [-0.15, -0.1) is 5.10 Å². The maximum absolute atomic E-state index is 6.09. The quantitative estimate of drug-likeness (QED) is 0.596. The van der Waals surface area contributed by atoms with E-state index in [4.69, 9.17) is 16.3 Å². The molecule has 4 nitrogen and oxygen atoms in total. The molecule has 21 heavy (non-hydrogen) atoms. The number of hydrogen-bond acceptors (Lipinski definition) is 3. The average Bonchev–Trinajstić information content (AvgIpc) is 2.78. The minimum Gasteiger partial charge on any atom is -0.490 e. The number of halogens is 2. The van der Waals surface area contributed by atoms with Gasteiger partial charge in [0.15, 0.2) is 5.65 Å². The molecule has 2 heterocycles. The number of fused-ring (bicyclic) bond motifs is 1. The minimum atomic E-state index is 0.0669. The monoisotopic (exact) mass is 413 g/mol. The van der Waals surface area contributed by atoms with Crippen molar-refractivity contribution in [3.8, 4) is 17.0 Å². The first-order valence-corrected chi connectivity index (χ1v) is 7.98. The topological polar surface area (TPSA) is 39.4 Å². The van der Waals surface area contributed by atoms with E-state index in [9.17, 15) is 0 Å². The summed E-state index contributed by atoms with van der Waals surface area (Å²) >= 11 is 8.20. The van der Waals surface area contributed by atoms with Gasteiger partial charge in [-0.3, -0.25) is 0 Å². The van der Waals surface area contributed by atoms with Crippen molar-refractivity contribution in [1.29, 1.82) is 0 Å². The van der Waals surface area contributed by atoms with Crippen LogP contribution in [-0.4, -0.2) is 20.7 Å². The molecule has 0 radical (unpaired) electrons. The Morgan fingerprint density at radius 1 is 1.24 bits per heavy atom. The van der Waals surface area contributed by atoms with Crippen LogP contribution in [0.4, 0.5) is 0 Å². The Morgan fingerprint density at radius 3 is 2.81 bits per heavy atom. The van der Waals surface area contributed by atoms with Crippen LogP contribution in [0.5, 0.6) is 5.75 Å². The molecule has 1 aromatic carbocycles. The standard InChI is InChI=1S/C15H13ClIN3O/c1-9(2)21-13-8-10(16)6-7-11(13)12-4-3-5-14-18-15(17)19-20(12)14/h3-9H,1-2H3. The highest BCUT2D eigenvalue weighted by Gasteiger charge is 2.13. The molecule has 3 aromatic rings. The third-order valence-electron chi connectivity index (χ3n) is 2.92. The maximum atomic E-state index is 6.09. The molecule has 0 fully saturated rings. The van der Waals surface area contributed by atoms with Crippen LogP contribution in [-0.2, 0) is 0 Å². The van der Waals surface area contributed by atoms with E-state index >= 15 is 0 Å². The average molecular weight is 414 g/mol. The number of nitrogens with zero attached hydrogens (tertiary/aromatic N) is 3. The van der Waals surface area contributed by atoms with Crippen molar-refractivity contribution in [3.05, 3.63) is 45.3 Å². The smallest absolute Gasteiger partial charge is 0.212 e. The molecule has 0 N–H and O–H groups in total. The van der Waals surface area contributed by atoms with Gasteiger partial charge in [-0.2, -0.15) is 0 Å². The molecule has 0 amide bonds. The van der Waals surface area contributed by atoms with E-state index in [0.717, 1.165) is 22.7 Å².